The zero-order valence-corrected chi connectivity index (χ0v) is 18.6. The Morgan fingerprint density at radius 1 is 0.793 bits per heavy atom. The zero-order valence-electron chi connectivity index (χ0n) is 18.6. The van der Waals surface area contributed by atoms with E-state index < -0.39 is 17.7 Å². The molecule has 0 unspecified atom stereocenters. The summed E-state index contributed by atoms with van der Waals surface area (Å²) in [5, 5.41) is 10.3. The average molecular weight is 421 g/mol. The minimum absolute atomic E-state index is 0.0340. The largest absolute Gasteiger partial charge is 0.416 e. The summed E-state index contributed by atoms with van der Waals surface area (Å²) in [5.74, 6) is -1.41. The first-order valence-corrected chi connectivity index (χ1v) is 10.7. The summed E-state index contributed by atoms with van der Waals surface area (Å²) < 4.78 is 46.4. The third kappa shape index (κ3) is 15.4. The van der Waals surface area contributed by atoms with Crippen molar-refractivity contribution in [3.63, 3.8) is 0 Å². The summed E-state index contributed by atoms with van der Waals surface area (Å²) in [5.41, 5.74) is -0.602. The van der Waals surface area contributed by atoms with E-state index in [0.717, 1.165) is 25.0 Å². The maximum Gasteiger partial charge on any atom is 0.416 e. The molecule has 0 atom stereocenters. The Morgan fingerprint density at radius 3 is 1.62 bits per heavy atom. The molecular formula is C23H39F3O3. The van der Waals surface area contributed by atoms with Crippen LogP contribution >= 0.6 is 0 Å². The van der Waals surface area contributed by atoms with Gasteiger partial charge in [0.05, 0.1) is 17.8 Å². The van der Waals surface area contributed by atoms with Gasteiger partial charge in [0.25, 0.3) is 5.97 Å². The predicted octanol–water partition coefficient (Wildman–Crippen LogP) is 7.33. The summed E-state index contributed by atoms with van der Waals surface area (Å²) in [4.78, 5) is 0. The molecule has 0 fully saturated rings. The molecule has 6 heteroatoms. The van der Waals surface area contributed by atoms with Crippen LogP contribution in [0.25, 0.3) is 0 Å². The highest BCUT2D eigenvalue weighted by Gasteiger charge is 2.31. The molecule has 1 aromatic carbocycles. The topological polar surface area (TPSA) is 38.7 Å². The Morgan fingerprint density at radius 2 is 1.24 bits per heavy atom. The fraction of sp³-hybridized carbons (Fsp3) is 0.739. The lowest BCUT2D eigenvalue weighted by molar-refractivity contribution is -0.384. The summed E-state index contributed by atoms with van der Waals surface area (Å²) >= 11 is 0. The maximum absolute atomic E-state index is 11.8. The Hall–Kier alpha value is -1.11. The summed E-state index contributed by atoms with van der Waals surface area (Å²) in [6.07, 6.45) is 4.82. The van der Waals surface area contributed by atoms with E-state index in [4.69, 9.17) is 9.47 Å². The highest BCUT2D eigenvalue weighted by Crippen LogP contribution is 2.28. The van der Waals surface area contributed by atoms with Crippen LogP contribution in [-0.2, 0) is 15.7 Å². The van der Waals surface area contributed by atoms with Crippen molar-refractivity contribution in [1.82, 2.24) is 0 Å². The molecule has 0 heterocycles. The number of ether oxygens (including phenoxy) is 2. The Labute approximate surface area is 174 Å². The van der Waals surface area contributed by atoms with E-state index >= 15 is 0 Å². The predicted molar refractivity (Wildman–Crippen MR) is 111 cm³/mol. The van der Waals surface area contributed by atoms with Gasteiger partial charge in [0.15, 0.2) is 0 Å². The number of hydrogen-bond donors (Lipinski definition) is 1. The summed E-state index contributed by atoms with van der Waals surface area (Å²) in [6.45, 7) is 9.89. The van der Waals surface area contributed by atoms with Crippen LogP contribution in [-0.4, -0.2) is 23.3 Å². The van der Waals surface area contributed by atoms with Crippen LogP contribution in [0.1, 0.15) is 91.5 Å². The molecule has 3 nitrogen and oxygen atoms in total. The lowest BCUT2D eigenvalue weighted by Gasteiger charge is -2.31. The molecule has 0 aliphatic heterocycles. The van der Waals surface area contributed by atoms with Crippen molar-refractivity contribution in [2.45, 2.75) is 110 Å². The minimum Gasteiger partial charge on any atom is -0.343 e. The summed E-state index contributed by atoms with van der Waals surface area (Å²) in [6, 6.07) is 6.36. The highest BCUT2D eigenvalue weighted by atomic mass is 19.4. The van der Waals surface area contributed by atoms with Crippen LogP contribution < -0.4 is 0 Å². The van der Waals surface area contributed by atoms with Crippen LogP contribution in [0.2, 0.25) is 0 Å². The molecule has 1 N–H and O–H groups in total. The molecule has 0 amide bonds. The van der Waals surface area contributed by atoms with Gasteiger partial charge in [0, 0.05) is 6.42 Å². The van der Waals surface area contributed by atoms with E-state index in [1.807, 2.05) is 27.7 Å². The van der Waals surface area contributed by atoms with Crippen LogP contribution in [0.5, 0.6) is 0 Å². The van der Waals surface area contributed by atoms with Crippen molar-refractivity contribution in [1.29, 1.82) is 0 Å². The number of hydrogen-bond acceptors (Lipinski definition) is 3. The Bertz CT molecular complexity index is 492. The van der Waals surface area contributed by atoms with Crippen LogP contribution in [0.15, 0.2) is 30.3 Å². The molecule has 1 aromatic rings. The van der Waals surface area contributed by atoms with Crippen molar-refractivity contribution in [3.05, 3.63) is 35.9 Å². The number of halogens is 3. The van der Waals surface area contributed by atoms with Crippen molar-refractivity contribution in [3.8, 4) is 0 Å². The molecule has 0 aliphatic carbocycles. The van der Waals surface area contributed by atoms with E-state index in [1.165, 1.54) is 44.2 Å². The van der Waals surface area contributed by atoms with Crippen LogP contribution in [0.4, 0.5) is 13.2 Å². The van der Waals surface area contributed by atoms with Crippen molar-refractivity contribution in [2.24, 2.45) is 0 Å². The lowest BCUT2D eigenvalue weighted by atomic mass is 10.1. The monoisotopic (exact) mass is 420 g/mol. The number of rotatable bonds is 12. The van der Waals surface area contributed by atoms with Gasteiger partial charge in [0.1, 0.15) is 0 Å². The van der Waals surface area contributed by atoms with Gasteiger partial charge in [-0.25, -0.2) is 0 Å². The Balaban J connectivity index is 0.000000651. The first-order chi connectivity index (χ1) is 13.5. The average Bonchev–Trinajstić information content (AvgIpc) is 2.60. The number of alkyl halides is 3. The van der Waals surface area contributed by atoms with Crippen molar-refractivity contribution >= 4 is 0 Å². The molecule has 0 aromatic heterocycles. The minimum atomic E-state index is -4.21. The fourth-order valence-electron chi connectivity index (χ4n) is 2.81. The number of benzene rings is 1. The molecule has 0 radical (unpaired) electrons. The second-order valence-electron chi connectivity index (χ2n) is 7.78. The van der Waals surface area contributed by atoms with Crippen molar-refractivity contribution < 1.29 is 27.8 Å². The van der Waals surface area contributed by atoms with Gasteiger partial charge >= 0.3 is 6.18 Å². The SMILES string of the molecule is CCCCCCCCCC(O)(OC(C)C)OC(C)C.FC(F)(F)c1ccccc1. The standard InChI is InChI=1S/C16H34O3.C7H5F3/c1-6-7-8-9-10-11-12-13-16(17,18-14(2)3)19-15(4)5;8-7(9,10)6-4-2-1-3-5-6/h14-15,17H,6-13H2,1-5H3;1-5H. The highest BCUT2D eigenvalue weighted by molar-refractivity contribution is 5.17. The van der Waals surface area contributed by atoms with Gasteiger partial charge in [-0.3, -0.25) is 0 Å². The second-order valence-corrected chi connectivity index (χ2v) is 7.78. The first kappa shape index (κ1) is 27.9. The quantitative estimate of drug-likeness (QED) is 0.284. The van der Waals surface area contributed by atoms with Crippen LogP contribution in [0.3, 0.4) is 0 Å². The second kappa shape index (κ2) is 14.8. The summed E-state index contributed by atoms with van der Waals surface area (Å²) in [7, 11) is 0. The molecule has 0 aliphatic rings. The van der Waals surface area contributed by atoms with E-state index in [2.05, 4.69) is 6.92 Å². The number of aliphatic hydroxyl groups is 1. The fourth-order valence-corrected chi connectivity index (χ4v) is 2.81. The number of unbranched alkanes of at least 4 members (excludes halogenated alkanes) is 6. The van der Waals surface area contributed by atoms with E-state index in [0.29, 0.717) is 6.42 Å². The smallest absolute Gasteiger partial charge is 0.343 e. The van der Waals surface area contributed by atoms with Gasteiger partial charge in [-0.15, -0.1) is 0 Å². The first-order valence-electron chi connectivity index (χ1n) is 10.7. The van der Waals surface area contributed by atoms with Gasteiger partial charge in [0.2, 0.25) is 0 Å². The van der Waals surface area contributed by atoms with Crippen LogP contribution in [0, 0.1) is 0 Å². The van der Waals surface area contributed by atoms with Gasteiger partial charge in [-0.1, -0.05) is 75.8 Å². The van der Waals surface area contributed by atoms with Crippen molar-refractivity contribution in [2.75, 3.05) is 0 Å². The zero-order chi connectivity index (χ0) is 22.3. The van der Waals surface area contributed by atoms with E-state index in [9.17, 15) is 18.3 Å². The Kier molecular flexibility index (Phi) is 14.2. The van der Waals surface area contributed by atoms with E-state index in [1.54, 1.807) is 6.07 Å². The van der Waals surface area contributed by atoms with Gasteiger partial charge in [-0.05, 0) is 34.1 Å². The molecule has 170 valence electrons. The molecule has 29 heavy (non-hydrogen) atoms. The molecule has 0 bridgehead atoms. The van der Waals surface area contributed by atoms with Gasteiger partial charge < -0.3 is 14.6 Å². The molecule has 0 saturated carbocycles. The molecular weight excluding hydrogens is 381 g/mol. The molecule has 0 spiro atoms. The lowest BCUT2D eigenvalue weighted by Crippen LogP contribution is -2.40. The third-order valence-corrected chi connectivity index (χ3v) is 4.04. The molecule has 1 rings (SSSR count). The normalized spacial score (nSPS) is 12.2. The van der Waals surface area contributed by atoms with Gasteiger partial charge in [-0.2, -0.15) is 13.2 Å². The molecule has 0 saturated heterocycles. The third-order valence-electron chi connectivity index (χ3n) is 4.04. The maximum atomic E-state index is 11.8. The van der Waals surface area contributed by atoms with E-state index in [-0.39, 0.29) is 12.2 Å².